The van der Waals surface area contributed by atoms with Gasteiger partial charge >= 0.3 is 0 Å². The van der Waals surface area contributed by atoms with Gasteiger partial charge < -0.3 is 0 Å². The van der Waals surface area contributed by atoms with Crippen LogP contribution >= 0.6 is 0 Å². The van der Waals surface area contributed by atoms with Crippen LogP contribution in [-0.4, -0.2) is 4.98 Å². The van der Waals surface area contributed by atoms with Crippen molar-refractivity contribution in [3.63, 3.8) is 0 Å². The molecule has 3 rings (SSSR count). The third kappa shape index (κ3) is 1.06. The van der Waals surface area contributed by atoms with Crippen LogP contribution in [0.4, 0.5) is 0 Å². The fourth-order valence-corrected chi connectivity index (χ4v) is 3.06. The highest BCUT2D eigenvalue weighted by molar-refractivity contribution is 5.78. The van der Waals surface area contributed by atoms with E-state index in [0.29, 0.717) is 5.92 Å². The molecule has 1 aromatic rings. The molecule has 0 radical (unpaired) electrons. The van der Waals surface area contributed by atoms with Gasteiger partial charge in [-0.05, 0) is 54.5 Å². The summed E-state index contributed by atoms with van der Waals surface area (Å²) in [6.45, 7) is 6.12. The van der Waals surface area contributed by atoms with Gasteiger partial charge in [-0.3, -0.25) is 4.98 Å². The summed E-state index contributed by atoms with van der Waals surface area (Å²) in [7, 11) is 0. The normalized spacial score (nSPS) is 22.9. The van der Waals surface area contributed by atoms with Crippen LogP contribution in [0.15, 0.2) is 30.5 Å². The Morgan fingerprint density at radius 1 is 1.53 bits per heavy atom. The first-order valence-electron chi connectivity index (χ1n) is 5.64. The number of allylic oxidation sites excluding steroid dienone is 3. The van der Waals surface area contributed by atoms with Gasteiger partial charge in [0.05, 0.1) is 5.69 Å². The summed E-state index contributed by atoms with van der Waals surface area (Å²) in [5.41, 5.74) is 6.98. The summed E-state index contributed by atoms with van der Waals surface area (Å²) in [5, 5.41) is 0. The van der Waals surface area contributed by atoms with Crippen molar-refractivity contribution in [1.82, 2.24) is 4.98 Å². The topological polar surface area (TPSA) is 12.9 Å². The lowest BCUT2D eigenvalue weighted by Gasteiger charge is -2.22. The molecule has 0 aromatic carbocycles. The quantitative estimate of drug-likeness (QED) is 0.671. The molecule has 1 aromatic heterocycles. The third-order valence-corrected chi connectivity index (χ3v) is 3.75. The standard InChI is InChI=1S/C14H15N/c1-3-11-9(2)14-13-10(7-8-15-14)5-4-6-12(11)13/h3,7-8,12H,1,4-6H2,2H3. The van der Waals surface area contributed by atoms with E-state index in [1.807, 2.05) is 12.3 Å². The minimum Gasteiger partial charge on any atom is -0.256 e. The Bertz CT molecular complexity index is 468. The van der Waals surface area contributed by atoms with Crippen molar-refractivity contribution >= 4 is 5.57 Å². The molecule has 0 saturated heterocycles. The molecular formula is C14H15N. The molecule has 0 amide bonds. The fraction of sp³-hybridized carbons (Fsp3) is 0.357. The first-order valence-corrected chi connectivity index (χ1v) is 5.64. The van der Waals surface area contributed by atoms with Gasteiger partial charge in [0.25, 0.3) is 0 Å². The van der Waals surface area contributed by atoms with Gasteiger partial charge in [-0.1, -0.05) is 12.7 Å². The lowest BCUT2D eigenvalue weighted by Crippen LogP contribution is -2.09. The van der Waals surface area contributed by atoms with Crippen molar-refractivity contribution in [2.45, 2.75) is 32.1 Å². The second-order valence-corrected chi connectivity index (χ2v) is 4.46. The SMILES string of the molecule is C=CC1=C(C)c2nccc3c2C1CCC3. The average molecular weight is 197 g/mol. The maximum absolute atomic E-state index is 4.53. The van der Waals surface area contributed by atoms with Crippen molar-refractivity contribution in [2.24, 2.45) is 0 Å². The number of pyridine rings is 1. The number of aromatic nitrogens is 1. The van der Waals surface area contributed by atoms with Crippen LogP contribution in [0.3, 0.4) is 0 Å². The predicted molar refractivity (Wildman–Crippen MR) is 62.7 cm³/mol. The molecule has 0 spiro atoms. The zero-order chi connectivity index (χ0) is 10.4. The van der Waals surface area contributed by atoms with Gasteiger partial charge in [0.1, 0.15) is 0 Å². The number of aryl methyl sites for hydroxylation is 1. The van der Waals surface area contributed by atoms with Crippen LogP contribution in [0.2, 0.25) is 0 Å². The molecule has 0 N–H and O–H groups in total. The lowest BCUT2D eigenvalue weighted by atomic mass is 9.82. The Morgan fingerprint density at radius 3 is 3.20 bits per heavy atom. The van der Waals surface area contributed by atoms with Crippen molar-refractivity contribution in [3.05, 3.63) is 47.3 Å². The Hall–Kier alpha value is -1.37. The van der Waals surface area contributed by atoms with Gasteiger partial charge in [-0.2, -0.15) is 0 Å². The van der Waals surface area contributed by atoms with Crippen molar-refractivity contribution in [2.75, 3.05) is 0 Å². The fourth-order valence-electron chi connectivity index (χ4n) is 3.06. The molecule has 1 unspecified atom stereocenters. The van der Waals surface area contributed by atoms with E-state index in [1.54, 1.807) is 0 Å². The van der Waals surface area contributed by atoms with Gasteiger partial charge in [0.15, 0.2) is 0 Å². The third-order valence-electron chi connectivity index (χ3n) is 3.75. The minimum absolute atomic E-state index is 0.593. The smallest absolute Gasteiger partial charge is 0.0702 e. The van der Waals surface area contributed by atoms with Gasteiger partial charge in [-0.25, -0.2) is 0 Å². The highest BCUT2D eigenvalue weighted by Crippen LogP contribution is 2.47. The summed E-state index contributed by atoms with van der Waals surface area (Å²) in [5.74, 6) is 0.593. The number of nitrogens with zero attached hydrogens (tertiary/aromatic N) is 1. The van der Waals surface area contributed by atoms with Gasteiger partial charge in [-0.15, -0.1) is 0 Å². The molecule has 2 aliphatic carbocycles. The van der Waals surface area contributed by atoms with Crippen LogP contribution in [0.5, 0.6) is 0 Å². The second-order valence-electron chi connectivity index (χ2n) is 4.46. The Balaban J connectivity index is 2.29. The number of rotatable bonds is 1. The molecule has 0 saturated carbocycles. The molecule has 0 fully saturated rings. The summed E-state index contributed by atoms with van der Waals surface area (Å²) in [4.78, 5) is 4.53. The van der Waals surface area contributed by atoms with Gasteiger partial charge in [0.2, 0.25) is 0 Å². The van der Waals surface area contributed by atoms with Crippen LogP contribution in [0, 0.1) is 0 Å². The molecular weight excluding hydrogens is 182 g/mol. The van der Waals surface area contributed by atoms with E-state index in [0.717, 1.165) is 0 Å². The van der Waals surface area contributed by atoms with E-state index >= 15 is 0 Å². The Morgan fingerprint density at radius 2 is 2.40 bits per heavy atom. The first-order chi connectivity index (χ1) is 7.33. The largest absolute Gasteiger partial charge is 0.256 e. The van der Waals surface area contributed by atoms with E-state index in [2.05, 4.69) is 24.6 Å². The minimum atomic E-state index is 0.593. The molecule has 15 heavy (non-hydrogen) atoms. The molecule has 76 valence electrons. The molecule has 0 aliphatic heterocycles. The van der Waals surface area contributed by atoms with E-state index in [4.69, 9.17) is 0 Å². The van der Waals surface area contributed by atoms with Crippen molar-refractivity contribution in [3.8, 4) is 0 Å². The van der Waals surface area contributed by atoms with Crippen LogP contribution in [-0.2, 0) is 6.42 Å². The monoisotopic (exact) mass is 197 g/mol. The van der Waals surface area contributed by atoms with E-state index in [-0.39, 0.29) is 0 Å². The maximum Gasteiger partial charge on any atom is 0.0702 e. The lowest BCUT2D eigenvalue weighted by molar-refractivity contribution is 0.621. The summed E-state index contributed by atoms with van der Waals surface area (Å²) in [6, 6.07) is 2.18. The number of hydrogen-bond acceptors (Lipinski definition) is 1. The van der Waals surface area contributed by atoms with Crippen LogP contribution in [0.25, 0.3) is 5.57 Å². The molecule has 1 heterocycles. The molecule has 1 nitrogen and oxygen atoms in total. The molecule has 0 bridgehead atoms. The van der Waals surface area contributed by atoms with Crippen molar-refractivity contribution in [1.29, 1.82) is 0 Å². The van der Waals surface area contributed by atoms with Crippen LogP contribution in [0.1, 0.15) is 42.5 Å². The Labute approximate surface area is 90.5 Å². The van der Waals surface area contributed by atoms with Crippen molar-refractivity contribution < 1.29 is 0 Å². The van der Waals surface area contributed by atoms with Gasteiger partial charge in [0, 0.05) is 12.1 Å². The highest BCUT2D eigenvalue weighted by atomic mass is 14.7. The van der Waals surface area contributed by atoms with E-state index in [9.17, 15) is 0 Å². The highest BCUT2D eigenvalue weighted by Gasteiger charge is 2.32. The number of hydrogen-bond donors (Lipinski definition) is 0. The molecule has 1 atom stereocenters. The molecule has 2 aliphatic rings. The van der Waals surface area contributed by atoms with Crippen LogP contribution < -0.4 is 0 Å². The summed E-state index contributed by atoms with van der Waals surface area (Å²) >= 11 is 0. The second kappa shape index (κ2) is 3.06. The average Bonchev–Trinajstić information content (AvgIpc) is 2.55. The Kier molecular flexibility index (Phi) is 1.82. The van der Waals surface area contributed by atoms with E-state index < -0.39 is 0 Å². The maximum atomic E-state index is 4.53. The predicted octanol–water partition coefficient (Wildman–Crippen LogP) is 3.47. The zero-order valence-corrected chi connectivity index (χ0v) is 9.09. The molecule has 1 heteroatoms. The summed E-state index contributed by atoms with van der Waals surface area (Å²) < 4.78 is 0. The van der Waals surface area contributed by atoms with E-state index in [1.165, 1.54) is 47.2 Å². The zero-order valence-electron chi connectivity index (χ0n) is 9.09. The summed E-state index contributed by atoms with van der Waals surface area (Å²) in [6.07, 6.45) is 7.76. The first kappa shape index (κ1) is 8.90.